The first kappa shape index (κ1) is 17.0. The van der Waals surface area contributed by atoms with Crippen LogP contribution in [0.3, 0.4) is 0 Å². The van der Waals surface area contributed by atoms with E-state index in [2.05, 4.69) is 24.2 Å². The zero-order valence-electron chi connectivity index (χ0n) is 12.8. The normalized spacial score (nSPS) is 11.7. The molecule has 3 heteroatoms. The summed E-state index contributed by atoms with van der Waals surface area (Å²) in [7, 11) is 0. The summed E-state index contributed by atoms with van der Waals surface area (Å²) in [5.41, 5.74) is 0.960. The highest BCUT2D eigenvalue weighted by Crippen LogP contribution is 2.16. The Morgan fingerprint density at radius 2 is 1.65 bits per heavy atom. The zero-order valence-corrected chi connectivity index (χ0v) is 13.5. The summed E-state index contributed by atoms with van der Waals surface area (Å²) in [6, 6.07) is 7.65. The number of amidine groups is 1. The molecule has 1 aromatic rings. The zero-order chi connectivity index (χ0) is 14.6. The summed E-state index contributed by atoms with van der Waals surface area (Å²) in [5, 5.41) is 4.19. The summed E-state index contributed by atoms with van der Waals surface area (Å²) < 4.78 is 0. The second kappa shape index (κ2) is 10.7. The molecule has 0 amide bonds. The molecule has 0 aliphatic rings. The lowest BCUT2D eigenvalue weighted by atomic mass is 10.1. The Kier molecular flexibility index (Phi) is 9.14. The van der Waals surface area contributed by atoms with Crippen LogP contribution in [0.5, 0.6) is 0 Å². The van der Waals surface area contributed by atoms with E-state index in [4.69, 9.17) is 11.6 Å². The number of aliphatic imine (C=N–C) groups is 1. The predicted octanol–water partition coefficient (Wildman–Crippen LogP) is 5.73. The number of hydrogen-bond donors (Lipinski definition) is 1. The van der Waals surface area contributed by atoms with Crippen molar-refractivity contribution < 1.29 is 0 Å². The Hall–Kier alpha value is -1.02. The van der Waals surface area contributed by atoms with Crippen molar-refractivity contribution in [2.45, 2.75) is 58.8 Å². The average Bonchev–Trinajstić information content (AvgIpc) is 2.47. The molecule has 0 radical (unpaired) electrons. The first-order chi connectivity index (χ1) is 9.76. The fourth-order valence-corrected chi connectivity index (χ4v) is 2.18. The van der Waals surface area contributed by atoms with Gasteiger partial charge in [0.25, 0.3) is 0 Å². The highest BCUT2D eigenvalue weighted by molar-refractivity contribution is 6.30. The summed E-state index contributed by atoms with van der Waals surface area (Å²) in [4.78, 5) is 4.61. The molecule has 0 fully saturated rings. The molecule has 0 heterocycles. The van der Waals surface area contributed by atoms with E-state index in [1.54, 1.807) is 0 Å². The summed E-state index contributed by atoms with van der Waals surface area (Å²) in [6.07, 6.45) is 8.87. The molecule has 0 aromatic heterocycles. The summed E-state index contributed by atoms with van der Waals surface area (Å²) in [5.74, 6) is 1.06. The van der Waals surface area contributed by atoms with Crippen molar-refractivity contribution in [2.75, 3.05) is 6.54 Å². The summed E-state index contributed by atoms with van der Waals surface area (Å²) in [6.45, 7) is 5.40. The first-order valence-corrected chi connectivity index (χ1v) is 8.21. The van der Waals surface area contributed by atoms with Crippen molar-refractivity contribution in [1.29, 1.82) is 0 Å². The van der Waals surface area contributed by atoms with E-state index >= 15 is 0 Å². The van der Waals surface area contributed by atoms with Gasteiger partial charge < -0.3 is 5.32 Å². The van der Waals surface area contributed by atoms with E-state index in [1.165, 1.54) is 38.5 Å². The van der Waals surface area contributed by atoms with Crippen molar-refractivity contribution in [3.05, 3.63) is 29.3 Å². The molecule has 1 N–H and O–H groups in total. The van der Waals surface area contributed by atoms with Gasteiger partial charge in [-0.15, -0.1) is 0 Å². The van der Waals surface area contributed by atoms with Gasteiger partial charge in [-0.3, -0.25) is 0 Å². The number of halogens is 1. The molecule has 2 nitrogen and oxygen atoms in total. The van der Waals surface area contributed by atoms with E-state index in [-0.39, 0.29) is 0 Å². The molecule has 20 heavy (non-hydrogen) atoms. The molecule has 0 unspecified atom stereocenters. The second-order valence-corrected chi connectivity index (χ2v) is 5.52. The fourth-order valence-electron chi connectivity index (χ4n) is 2.05. The largest absolute Gasteiger partial charge is 0.374 e. The smallest absolute Gasteiger partial charge is 0.102 e. The van der Waals surface area contributed by atoms with E-state index in [0.29, 0.717) is 0 Å². The Bertz CT molecular complexity index is 384. The number of benzene rings is 1. The van der Waals surface area contributed by atoms with Crippen molar-refractivity contribution in [3.8, 4) is 0 Å². The fraction of sp³-hybridized carbons (Fsp3) is 0.588. The van der Waals surface area contributed by atoms with Crippen LogP contribution < -0.4 is 5.32 Å². The van der Waals surface area contributed by atoms with Crippen LogP contribution in [-0.2, 0) is 0 Å². The van der Waals surface area contributed by atoms with Gasteiger partial charge in [-0.25, -0.2) is 4.99 Å². The third-order valence-corrected chi connectivity index (χ3v) is 3.54. The molecular weight excluding hydrogens is 268 g/mol. The molecule has 0 spiro atoms. The van der Waals surface area contributed by atoms with Crippen LogP contribution >= 0.6 is 11.6 Å². The first-order valence-electron chi connectivity index (χ1n) is 7.83. The van der Waals surface area contributed by atoms with Gasteiger partial charge in [0.05, 0.1) is 5.69 Å². The maximum Gasteiger partial charge on any atom is 0.102 e. The van der Waals surface area contributed by atoms with E-state index < -0.39 is 0 Å². The number of hydrogen-bond acceptors (Lipinski definition) is 1. The molecule has 0 saturated heterocycles. The molecule has 1 rings (SSSR count). The van der Waals surface area contributed by atoms with Gasteiger partial charge in [-0.2, -0.15) is 0 Å². The highest BCUT2D eigenvalue weighted by atomic mass is 35.5. The van der Waals surface area contributed by atoms with Crippen LogP contribution in [0.4, 0.5) is 5.69 Å². The van der Waals surface area contributed by atoms with E-state index in [9.17, 15) is 0 Å². The van der Waals surface area contributed by atoms with Crippen LogP contribution in [0.2, 0.25) is 5.02 Å². The third-order valence-electron chi connectivity index (χ3n) is 3.28. The quantitative estimate of drug-likeness (QED) is 0.351. The lowest BCUT2D eigenvalue weighted by Crippen LogP contribution is -2.23. The molecule has 112 valence electrons. The van der Waals surface area contributed by atoms with Gasteiger partial charge in [0.15, 0.2) is 0 Å². The van der Waals surface area contributed by atoms with Gasteiger partial charge in [0.2, 0.25) is 0 Å². The molecule has 0 aliphatic carbocycles. The highest BCUT2D eigenvalue weighted by Gasteiger charge is 1.97. The van der Waals surface area contributed by atoms with Crippen molar-refractivity contribution in [2.24, 2.45) is 4.99 Å². The molecular formula is C17H27ClN2. The molecule has 1 aromatic carbocycles. The minimum Gasteiger partial charge on any atom is -0.374 e. The third kappa shape index (κ3) is 7.54. The van der Waals surface area contributed by atoms with Gasteiger partial charge >= 0.3 is 0 Å². The van der Waals surface area contributed by atoms with Crippen molar-refractivity contribution >= 4 is 23.1 Å². The molecule has 0 bridgehead atoms. The monoisotopic (exact) mass is 294 g/mol. The van der Waals surface area contributed by atoms with Crippen molar-refractivity contribution in [3.63, 3.8) is 0 Å². The summed E-state index contributed by atoms with van der Waals surface area (Å²) >= 11 is 5.87. The van der Waals surface area contributed by atoms with Crippen LogP contribution in [0.1, 0.15) is 58.8 Å². The SMILES string of the molecule is CCCCCCCCNC(CC)=Nc1ccc(Cl)cc1. The van der Waals surface area contributed by atoms with E-state index in [1.807, 2.05) is 24.3 Å². The van der Waals surface area contributed by atoms with Crippen LogP contribution in [0, 0.1) is 0 Å². The Labute approximate surface area is 128 Å². The maximum atomic E-state index is 5.87. The van der Waals surface area contributed by atoms with E-state index in [0.717, 1.165) is 29.5 Å². The minimum absolute atomic E-state index is 0.752. The Morgan fingerprint density at radius 1 is 1.00 bits per heavy atom. The van der Waals surface area contributed by atoms with Crippen LogP contribution in [-0.4, -0.2) is 12.4 Å². The second-order valence-electron chi connectivity index (χ2n) is 5.08. The van der Waals surface area contributed by atoms with Gasteiger partial charge in [-0.1, -0.05) is 57.6 Å². The van der Waals surface area contributed by atoms with Gasteiger partial charge in [-0.05, 0) is 30.7 Å². The predicted molar refractivity (Wildman–Crippen MR) is 90.2 cm³/mol. The standard InChI is InChI=1S/C17H27ClN2/c1-3-5-6-7-8-9-14-19-17(4-2)20-16-12-10-15(18)11-13-16/h10-13H,3-9,14H2,1-2H3,(H,19,20). The lowest BCUT2D eigenvalue weighted by Gasteiger charge is -2.08. The number of nitrogens with one attached hydrogen (secondary N) is 1. The van der Waals surface area contributed by atoms with Crippen LogP contribution in [0.15, 0.2) is 29.3 Å². The molecule has 0 saturated carbocycles. The Balaban J connectivity index is 2.27. The topological polar surface area (TPSA) is 24.4 Å². The maximum absolute atomic E-state index is 5.87. The number of rotatable bonds is 9. The minimum atomic E-state index is 0.752. The molecule has 0 atom stereocenters. The lowest BCUT2D eigenvalue weighted by molar-refractivity contribution is 0.601. The Morgan fingerprint density at radius 3 is 2.30 bits per heavy atom. The van der Waals surface area contributed by atoms with Crippen LogP contribution in [0.25, 0.3) is 0 Å². The average molecular weight is 295 g/mol. The van der Waals surface area contributed by atoms with Gasteiger partial charge in [0.1, 0.15) is 5.84 Å². The van der Waals surface area contributed by atoms with Gasteiger partial charge in [0, 0.05) is 18.0 Å². The number of unbranched alkanes of at least 4 members (excludes halogenated alkanes) is 5. The van der Waals surface area contributed by atoms with Crippen molar-refractivity contribution in [1.82, 2.24) is 5.32 Å². The number of nitrogens with zero attached hydrogens (tertiary/aromatic N) is 1. The molecule has 0 aliphatic heterocycles.